The highest BCUT2D eigenvalue weighted by Gasteiger charge is 2.17. The Hall–Kier alpha value is -1.39. The number of carbonyl (C=O) groups excluding carboxylic acids is 1. The Labute approximate surface area is 107 Å². The van der Waals surface area contributed by atoms with Gasteiger partial charge in [-0.05, 0) is 18.8 Å². The van der Waals surface area contributed by atoms with E-state index in [2.05, 4.69) is 15.5 Å². The van der Waals surface area contributed by atoms with E-state index in [-0.39, 0.29) is 12.3 Å². The highest BCUT2D eigenvalue weighted by atomic mass is 16.5. The van der Waals surface area contributed by atoms with Crippen LogP contribution < -0.4 is 5.32 Å². The zero-order valence-electron chi connectivity index (χ0n) is 10.9. The van der Waals surface area contributed by atoms with Crippen LogP contribution in [0.5, 0.6) is 0 Å². The van der Waals surface area contributed by atoms with Gasteiger partial charge in [0.2, 0.25) is 11.8 Å². The lowest BCUT2D eigenvalue weighted by Gasteiger charge is -2.09. The van der Waals surface area contributed by atoms with Crippen molar-refractivity contribution in [2.45, 2.75) is 51.4 Å². The molecule has 0 aromatic carbocycles. The minimum absolute atomic E-state index is 0.0863. The van der Waals surface area contributed by atoms with Gasteiger partial charge in [0.05, 0.1) is 6.42 Å². The van der Waals surface area contributed by atoms with Crippen molar-refractivity contribution in [1.82, 2.24) is 15.5 Å². The van der Waals surface area contributed by atoms with Gasteiger partial charge in [0.1, 0.15) is 0 Å². The van der Waals surface area contributed by atoms with Gasteiger partial charge in [-0.1, -0.05) is 30.8 Å². The molecular weight excluding hydrogens is 230 g/mol. The summed E-state index contributed by atoms with van der Waals surface area (Å²) in [5.74, 6) is 1.75. The van der Waals surface area contributed by atoms with Crippen LogP contribution in [0.15, 0.2) is 4.52 Å². The molecular formula is C13H21N3O2. The van der Waals surface area contributed by atoms with Crippen LogP contribution in [-0.2, 0) is 17.6 Å². The van der Waals surface area contributed by atoms with Crippen LogP contribution in [-0.4, -0.2) is 23.1 Å². The van der Waals surface area contributed by atoms with Crippen molar-refractivity contribution in [2.75, 3.05) is 7.05 Å². The maximum atomic E-state index is 11.2. The number of nitrogens with zero attached hydrogens (tertiary/aromatic N) is 2. The van der Waals surface area contributed by atoms with Gasteiger partial charge < -0.3 is 9.84 Å². The number of rotatable bonds is 4. The first-order valence-electron chi connectivity index (χ1n) is 6.80. The Morgan fingerprint density at radius 2 is 2.06 bits per heavy atom. The second-order valence-electron chi connectivity index (χ2n) is 5.02. The minimum atomic E-state index is -0.0863. The predicted octanol–water partition coefficient (Wildman–Crippen LogP) is 1.87. The van der Waals surface area contributed by atoms with Crippen LogP contribution in [0.1, 0.15) is 50.2 Å². The first-order valence-corrected chi connectivity index (χ1v) is 6.80. The summed E-state index contributed by atoms with van der Waals surface area (Å²) in [5, 5.41) is 6.40. The molecule has 0 saturated heterocycles. The molecule has 0 aliphatic heterocycles. The second-order valence-corrected chi connectivity index (χ2v) is 5.02. The van der Waals surface area contributed by atoms with Gasteiger partial charge in [-0.25, -0.2) is 0 Å². The van der Waals surface area contributed by atoms with Gasteiger partial charge in [-0.15, -0.1) is 0 Å². The van der Waals surface area contributed by atoms with Gasteiger partial charge in [-0.2, -0.15) is 4.98 Å². The monoisotopic (exact) mass is 251 g/mol. The SMILES string of the molecule is CNC(=O)Cc1noc(CC2CCCCCC2)n1. The van der Waals surface area contributed by atoms with Crippen molar-refractivity contribution in [3.05, 3.63) is 11.7 Å². The van der Waals surface area contributed by atoms with Crippen molar-refractivity contribution in [3.8, 4) is 0 Å². The summed E-state index contributed by atoms with van der Waals surface area (Å²) in [6, 6.07) is 0. The van der Waals surface area contributed by atoms with E-state index in [4.69, 9.17) is 4.52 Å². The average molecular weight is 251 g/mol. The molecule has 2 rings (SSSR count). The molecule has 5 heteroatoms. The van der Waals surface area contributed by atoms with Crippen LogP contribution in [0.3, 0.4) is 0 Å². The second kappa shape index (κ2) is 6.52. The van der Waals surface area contributed by atoms with E-state index >= 15 is 0 Å². The highest BCUT2D eigenvalue weighted by Crippen LogP contribution is 2.25. The third-order valence-electron chi connectivity index (χ3n) is 3.55. The Morgan fingerprint density at radius 3 is 2.72 bits per heavy atom. The van der Waals surface area contributed by atoms with E-state index in [1.54, 1.807) is 7.05 Å². The number of hydrogen-bond donors (Lipinski definition) is 1. The molecule has 0 unspecified atom stereocenters. The molecule has 0 spiro atoms. The van der Waals surface area contributed by atoms with Crippen LogP contribution in [0.25, 0.3) is 0 Å². The summed E-state index contributed by atoms with van der Waals surface area (Å²) in [5.41, 5.74) is 0. The number of nitrogens with one attached hydrogen (secondary N) is 1. The Morgan fingerprint density at radius 1 is 1.33 bits per heavy atom. The fraction of sp³-hybridized carbons (Fsp3) is 0.769. The smallest absolute Gasteiger partial charge is 0.227 e. The van der Waals surface area contributed by atoms with Crippen molar-refractivity contribution in [1.29, 1.82) is 0 Å². The summed E-state index contributed by atoms with van der Waals surface area (Å²) in [7, 11) is 1.61. The lowest BCUT2D eigenvalue weighted by Crippen LogP contribution is -2.20. The molecule has 1 aliphatic rings. The van der Waals surface area contributed by atoms with Gasteiger partial charge >= 0.3 is 0 Å². The fourth-order valence-corrected chi connectivity index (χ4v) is 2.49. The first kappa shape index (κ1) is 13.1. The molecule has 5 nitrogen and oxygen atoms in total. The van der Waals surface area contributed by atoms with Crippen LogP contribution >= 0.6 is 0 Å². The lowest BCUT2D eigenvalue weighted by molar-refractivity contribution is -0.120. The van der Waals surface area contributed by atoms with Gasteiger partial charge in [0.15, 0.2) is 5.82 Å². The van der Waals surface area contributed by atoms with Gasteiger partial charge in [-0.3, -0.25) is 4.79 Å². The Balaban J connectivity index is 1.87. The van der Waals surface area contributed by atoms with E-state index in [1.807, 2.05) is 0 Å². The fourth-order valence-electron chi connectivity index (χ4n) is 2.49. The molecule has 0 radical (unpaired) electrons. The number of aromatic nitrogens is 2. The van der Waals surface area contributed by atoms with E-state index in [9.17, 15) is 4.79 Å². The molecule has 1 heterocycles. The molecule has 0 bridgehead atoms. The number of amides is 1. The minimum Gasteiger partial charge on any atom is -0.359 e. The van der Waals surface area contributed by atoms with E-state index in [1.165, 1.54) is 38.5 Å². The zero-order chi connectivity index (χ0) is 12.8. The van der Waals surface area contributed by atoms with Crippen LogP contribution in [0.4, 0.5) is 0 Å². The third-order valence-corrected chi connectivity index (χ3v) is 3.55. The van der Waals surface area contributed by atoms with Crippen molar-refractivity contribution in [2.24, 2.45) is 5.92 Å². The van der Waals surface area contributed by atoms with Crippen LogP contribution in [0, 0.1) is 5.92 Å². The summed E-state index contributed by atoms with van der Waals surface area (Å²) in [6.45, 7) is 0. The number of carbonyl (C=O) groups is 1. The summed E-state index contributed by atoms with van der Waals surface area (Å²) >= 11 is 0. The maximum absolute atomic E-state index is 11.2. The average Bonchev–Trinajstić information content (AvgIpc) is 2.63. The molecule has 1 fully saturated rings. The van der Waals surface area contributed by atoms with E-state index in [0.717, 1.165) is 6.42 Å². The number of likely N-dealkylation sites (N-methyl/N-ethyl adjacent to an activating group) is 1. The molecule has 100 valence electrons. The van der Waals surface area contributed by atoms with Gasteiger partial charge in [0.25, 0.3) is 0 Å². The molecule has 1 amide bonds. The highest BCUT2D eigenvalue weighted by molar-refractivity contribution is 5.77. The van der Waals surface area contributed by atoms with Gasteiger partial charge in [0, 0.05) is 13.5 Å². The Bertz CT molecular complexity index is 381. The predicted molar refractivity (Wildman–Crippen MR) is 67.0 cm³/mol. The molecule has 1 aromatic heterocycles. The molecule has 0 atom stereocenters. The topological polar surface area (TPSA) is 68.0 Å². The lowest BCUT2D eigenvalue weighted by atomic mass is 9.97. The summed E-state index contributed by atoms with van der Waals surface area (Å²) in [6.07, 6.45) is 8.89. The van der Waals surface area contributed by atoms with Crippen molar-refractivity contribution >= 4 is 5.91 Å². The standard InChI is InChI=1S/C13H21N3O2/c1-14-12(17)9-11-15-13(18-16-11)8-10-6-4-2-3-5-7-10/h10H,2-9H2,1H3,(H,14,17). The quantitative estimate of drug-likeness (QED) is 0.829. The largest absolute Gasteiger partial charge is 0.359 e. The zero-order valence-corrected chi connectivity index (χ0v) is 10.9. The molecule has 1 saturated carbocycles. The maximum Gasteiger partial charge on any atom is 0.227 e. The normalized spacial score (nSPS) is 17.4. The Kier molecular flexibility index (Phi) is 4.73. The first-order chi connectivity index (χ1) is 8.78. The molecule has 1 N–H and O–H groups in total. The molecule has 1 aliphatic carbocycles. The van der Waals surface area contributed by atoms with E-state index in [0.29, 0.717) is 17.6 Å². The molecule has 1 aromatic rings. The number of hydrogen-bond acceptors (Lipinski definition) is 4. The third kappa shape index (κ3) is 3.82. The summed E-state index contributed by atoms with van der Waals surface area (Å²) in [4.78, 5) is 15.5. The molecule has 18 heavy (non-hydrogen) atoms. The van der Waals surface area contributed by atoms with Crippen LogP contribution in [0.2, 0.25) is 0 Å². The summed E-state index contributed by atoms with van der Waals surface area (Å²) < 4.78 is 5.21. The van der Waals surface area contributed by atoms with Crippen molar-refractivity contribution < 1.29 is 9.32 Å². The van der Waals surface area contributed by atoms with Crippen molar-refractivity contribution in [3.63, 3.8) is 0 Å². The van der Waals surface area contributed by atoms with E-state index < -0.39 is 0 Å².